The van der Waals surface area contributed by atoms with Crippen molar-refractivity contribution in [2.24, 2.45) is 0 Å². The molecular formula is C22H20F2N6O3. The highest BCUT2D eigenvalue weighted by atomic mass is 19.3. The molecule has 2 aliphatic heterocycles. The molecule has 9 nitrogen and oxygen atoms in total. The molecule has 0 spiro atoms. The van der Waals surface area contributed by atoms with Crippen molar-refractivity contribution < 1.29 is 22.8 Å². The van der Waals surface area contributed by atoms with Gasteiger partial charge in [0, 0.05) is 24.0 Å². The smallest absolute Gasteiger partial charge is 0.332 e. The van der Waals surface area contributed by atoms with Gasteiger partial charge in [-0.3, -0.25) is 19.6 Å². The average Bonchev–Trinajstić information content (AvgIpc) is 3.50. The summed E-state index contributed by atoms with van der Waals surface area (Å²) in [6.45, 7) is 4.20. The number of halogens is 2. The second kappa shape index (κ2) is 7.61. The van der Waals surface area contributed by atoms with E-state index < -0.39 is 23.9 Å². The van der Waals surface area contributed by atoms with Gasteiger partial charge in [0.25, 0.3) is 11.8 Å². The van der Waals surface area contributed by atoms with Crippen molar-refractivity contribution in [3.05, 3.63) is 53.7 Å². The van der Waals surface area contributed by atoms with Gasteiger partial charge in [-0.25, -0.2) is 4.79 Å². The third kappa shape index (κ3) is 3.40. The van der Waals surface area contributed by atoms with Gasteiger partial charge >= 0.3 is 12.5 Å². The first kappa shape index (κ1) is 21.0. The number of carbonyl (C=O) groups is 2. The van der Waals surface area contributed by atoms with Crippen molar-refractivity contribution in [2.45, 2.75) is 38.8 Å². The number of fused-ring (bicyclic) bond motifs is 1. The number of hydrogen-bond acceptors (Lipinski definition) is 7. The second-order valence-corrected chi connectivity index (χ2v) is 8.33. The van der Waals surface area contributed by atoms with Gasteiger partial charge in [-0.15, -0.1) is 10.2 Å². The summed E-state index contributed by atoms with van der Waals surface area (Å²) in [4.78, 5) is 33.5. The van der Waals surface area contributed by atoms with Gasteiger partial charge in [-0.05, 0) is 44.5 Å². The molecule has 0 atom stereocenters. The van der Waals surface area contributed by atoms with E-state index in [-0.39, 0.29) is 18.3 Å². The molecule has 0 radical (unpaired) electrons. The number of nitrogens with zero attached hydrogens (tertiary/aromatic N) is 5. The molecule has 2 aromatic heterocycles. The Morgan fingerprint density at radius 1 is 1.18 bits per heavy atom. The van der Waals surface area contributed by atoms with Gasteiger partial charge in [-0.2, -0.15) is 8.78 Å². The molecule has 0 saturated carbocycles. The number of carbonyl (C=O) groups excluding carboxylic acids is 2. The van der Waals surface area contributed by atoms with Crippen LogP contribution < -0.4 is 10.2 Å². The number of urea groups is 1. The number of rotatable bonds is 5. The van der Waals surface area contributed by atoms with Crippen LogP contribution in [0.5, 0.6) is 0 Å². The minimum atomic E-state index is -2.86. The number of imide groups is 1. The minimum Gasteiger partial charge on any atom is -0.415 e. The monoisotopic (exact) mass is 454 g/mol. The standard InChI is InChI=1S/C22H20F2N6O3/c1-22(2)20(31)29(21(32)30(22)16-5-3-4-15-14(16)8-9-25-15)11-13-7-6-12(10-26-13)18-27-28-19(33-18)17(23)24/h3-7,10,17,25H,8-9,11H2,1-2H3. The Hall–Kier alpha value is -3.89. The Morgan fingerprint density at radius 3 is 2.70 bits per heavy atom. The first-order chi connectivity index (χ1) is 15.8. The molecule has 0 unspecified atom stereocenters. The fourth-order valence-electron chi connectivity index (χ4n) is 4.20. The number of pyridine rings is 1. The SMILES string of the molecule is CC1(C)C(=O)N(Cc2ccc(-c3nnc(C(F)F)o3)cn2)C(=O)N1c1cccc2c1CCN2. The molecular weight excluding hydrogens is 434 g/mol. The zero-order valence-corrected chi connectivity index (χ0v) is 17.9. The predicted octanol–water partition coefficient (Wildman–Crippen LogP) is 3.78. The normalized spacial score (nSPS) is 17.1. The first-order valence-corrected chi connectivity index (χ1v) is 10.4. The van der Waals surface area contributed by atoms with Crippen LogP contribution in [0.1, 0.15) is 37.4 Å². The topological polar surface area (TPSA) is 104 Å². The van der Waals surface area contributed by atoms with Crippen LogP contribution in [0, 0.1) is 0 Å². The summed E-state index contributed by atoms with van der Waals surface area (Å²) in [5, 5.41) is 10.2. The molecule has 1 aromatic carbocycles. The highest BCUT2D eigenvalue weighted by Crippen LogP contribution is 2.39. The molecule has 3 aromatic rings. The average molecular weight is 454 g/mol. The Bertz CT molecular complexity index is 1240. The van der Waals surface area contributed by atoms with E-state index in [2.05, 4.69) is 20.5 Å². The maximum absolute atomic E-state index is 13.4. The Balaban J connectivity index is 1.39. The molecule has 4 heterocycles. The van der Waals surface area contributed by atoms with Crippen molar-refractivity contribution >= 4 is 23.3 Å². The van der Waals surface area contributed by atoms with E-state index in [0.717, 1.165) is 29.9 Å². The van der Waals surface area contributed by atoms with Gasteiger partial charge in [0.2, 0.25) is 5.89 Å². The molecule has 33 heavy (non-hydrogen) atoms. The predicted molar refractivity (Wildman–Crippen MR) is 114 cm³/mol. The quantitative estimate of drug-likeness (QED) is 0.585. The van der Waals surface area contributed by atoms with Crippen LogP contribution in [0.25, 0.3) is 11.5 Å². The maximum Gasteiger partial charge on any atom is 0.332 e. The molecule has 170 valence electrons. The van der Waals surface area contributed by atoms with Gasteiger partial charge in [-0.1, -0.05) is 6.07 Å². The van der Waals surface area contributed by atoms with Crippen molar-refractivity contribution in [2.75, 3.05) is 16.8 Å². The van der Waals surface area contributed by atoms with Crippen molar-refractivity contribution in [3.63, 3.8) is 0 Å². The highest BCUT2D eigenvalue weighted by Gasteiger charge is 2.52. The number of aromatic nitrogens is 3. The summed E-state index contributed by atoms with van der Waals surface area (Å²) in [5.41, 5.74) is 2.44. The van der Waals surface area contributed by atoms with E-state index in [9.17, 15) is 18.4 Å². The van der Waals surface area contributed by atoms with Crippen LogP contribution in [-0.2, 0) is 17.8 Å². The Kier molecular flexibility index (Phi) is 4.84. The molecule has 3 amide bonds. The third-order valence-electron chi connectivity index (χ3n) is 5.85. The molecule has 0 aliphatic carbocycles. The van der Waals surface area contributed by atoms with Crippen LogP contribution in [-0.4, -0.2) is 44.1 Å². The first-order valence-electron chi connectivity index (χ1n) is 10.4. The van der Waals surface area contributed by atoms with Crippen molar-refractivity contribution in [1.29, 1.82) is 0 Å². The van der Waals surface area contributed by atoms with Gasteiger partial charge in [0.05, 0.1) is 23.5 Å². The summed E-state index contributed by atoms with van der Waals surface area (Å²) < 4.78 is 30.2. The molecule has 5 rings (SSSR count). The van der Waals surface area contributed by atoms with Crippen LogP contribution in [0.4, 0.5) is 25.0 Å². The number of hydrogen-bond donors (Lipinski definition) is 1. The minimum absolute atomic E-state index is 0.0305. The largest absolute Gasteiger partial charge is 0.415 e. The number of alkyl halides is 2. The lowest BCUT2D eigenvalue weighted by atomic mass is 10.0. The molecule has 0 bridgehead atoms. The lowest BCUT2D eigenvalue weighted by Gasteiger charge is -2.29. The summed E-state index contributed by atoms with van der Waals surface area (Å²) in [7, 11) is 0. The Labute approximate surface area is 187 Å². The van der Waals surface area contributed by atoms with Crippen molar-refractivity contribution in [3.8, 4) is 11.5 Å². The lowest BCUT2D eigenvalue weighted by Crippen LogP contribution is -2.44. The van der Waals surface area contributed by atoms with Crippen molar-refractivity contribution in [1.82, 2.24) is 20.1 Å². The van der Waals surface area contributed by atoms with E-state index in [1.54, 1.807) is 30.9 Å². The van der Waals surface area contributed by atoms with Crippen LogP contribution in [0.15, 0.2) is 40.9 Å². The molecule has 1 saturated heterocycles. The van der Waals surface area contributed by atoms with E-state index >= 15 is 0 Å². The number of benzene rings is 1. The van der Waals surface area contributed by atoms with E-state index in [4.69, 9.17) is 4.42 Å². The van der Waals surface area contributed by atoms with Gasteiger partial charge < -0.3 is 9.73 Å². The second-order valence-electron chi connectivity index (χ2n) is 8.33. The fraction of sp³-hybridized carbons (Fsp3) is 0.318. The third-order valence-corrected chi connectivity index (χ3v) is 5.85. The number of anilines is 2. The fourth-order valence-corrected chi connectivity index (χ4v) is 4.20. The zero-order chi connectivity index (χ0) is 23.3. The molecule has 1 N–H and O–H groups in total. The highest BCUT2D eigenvalue weighted by molar-refractivity contribution is 6.16. The van der Waals surface area contributed by atoms with Gasteiger partial charge in [0.15, 0.2) is 0 Å². The lowest BCUT2D eigenvalue weighted by molar-refractivity contribution is -0.130. The number of amides is 3. The molecule has 1 fully saturated rings. The number of nitrogens with one attached hydrogen (secondary N) is 1. The Morgan fingerprint density at radius 2 is 2.00 bits per heavy atom. The van der Waals surface area contributed by atoms with Crippen LogP contribution in [0.2, 0.25) is 0 Å². The van der Waals surface area contributed by atoms with Crippen LogP contribution in [0.3, 0.4) is 0 Å². The van der Waals surface area contributed by atoms with Gasteiger partial charge in [0.1, 0.15) is 5.54 Å². The van der Waals surface area contributed by atoms with E-state index in [0.29, 0.717) is 11.3 Å². The zero-order valence-electron chi connectivity index (χ0n) is 17.9. The summed E-state index contributed by atoms with van der Waals surface area (Å²) >= 11 is 0. The summed E-state index contributed by atoms with van der Waals surface area (Å²) in [5.74, 6) is -1.19. The summed E-state index contributed by atoms with van der Waals surface area (Å²) in [6, 6.07) is 8.40. The van der Waals surface area contributed by atoms with Crippen LogP contribution >= 0.6 is 0 Å². The van der Waals surface area contributed by atoms with E-state index in [1.165, 1.54) is 11.1 Å². The molecule has 2 aliphatic rings. The van der Waals surface area contributed by atoms with E-state index in [1.807, 2.05) is 18.2 Å². The molecule has 11 heteroatoms. The summed E-state index contributed by atoms with van der Waals surface area (Å²) in [6.07, 6.45) is -0.716. The maximum atomic E-state index is 13.4.